The van der Waals surface area contributed by atoms with E-state index in [1.165, 1.54) is 13.2 Å². The van der Waals surface area contributed by atoms with Crippen LogP contribution in [0.4, 0.5) is 10.6 Å². The predicted octanol–water partition coefficient (Wildman–Crippen LogP) is 1.82. The van der Waals surface area contributed by atoms with Gasteiger partial charge in [0.25, 0.3) is 0 Å². The largest absolute Gasteiger partial charge is 0.465 e. The van der Waals surface area contributed by atoms with Crippen molar-refractivity contribution >= 4 is 35.9 Å². The van der Waals surface area contributed by atoms with E-state index in [4.69, 9.17) is 21.1 Å². The lowest BCUT2D eigenvalue weighted by Gasteiger charge is -2.36. The maximum atomic E-state index is 12.2. The van der Waals surface area contributed by atoms with Crippen LogP contribution < -0.4 is 10.2 Å². The Morgan fingerprint density at radius 1 is 1.29 bits per heavy atom. The summed E-state index contributed by atoms with van der Waals surface area (Å²) >= 11 is 6.19. The Labute approximate surface area is 168 Å². The van der Waals surface area contributed by atoms with Gasteiger partial charge in [-0.3, -0.25) is 4.79 Å². The van der Waals surface area contributed by atoms with Crippen LogP contribution in [0.1, 0.15) is 36.8 Å². The van der Waals surface area contributed by atoms with Crippen molar-refractivity contribution in [2.75, 3.05) is 38.2 Å². The minimum Gasteiger partial charge on any atom is -0.465 e. The second kappa shape index (κ2) is 9.09. The number of hydrogen-bond acceptors (Lipinski definition) is 7. The molecule has 0 radical (unpaired) electrons. The number of nitrogens with zero attached hydrogens (tertiary/aromatic N) is 3. The van der Waals surface area contributed by atoms with E-state index < -0.39 is 11.6 Å². The van der Waals surface area contributed by atoms with Gasteiger partial charge < -0.3 is 24.6 Å². The van der Waals surface area contributed by atoms with Crippen LogP contribution in [0.3, 0.4) is 0 Å². The smallest absolute Gasteiger partial charge is 0.410 e. The zero-order valence-corrected chi connectivity index (χ0v) is 17.2. The number of piperazine rings is 1. The first-order chi connectivity index (χ1) is 13.2. The molecular weight excluding hydrogens is 388 g/mol. The van der Waals surface area contributed by atoms with Gasteiger partial charge in [0.1, 0.15) is 17.0 Å². The molecule has 1 aliphatic rings. The molecule has 1 N–H and O–H groups in total. The van der Waals surface area contributed by atoms with Crippen molar-refractivity contribution in [2.24, 2.45) is 0 Å². The summed E-state index contributed by atoms with van der Waals surface area (Å²) in [4.78, 5) is 43.0. The fraction of sp³-hybridized carbons (Fsp3) is 0.556. The van der Waals surface area contributed by atoms with E-state index in [0.717, 1.165) is 0 Å². The minimum atomic E-state index is -0.565. The van der Waals surface area contributed by atoms with Crippen LogP contribution in [0.2, 0.25) is 5.02 Å². The Morgan fingerprint density at radius 2 is 1.93 bits per heavy atom. The summed E-state index contributed by atoms with van der Waals surface area (Å²) in [5, 5.41) is 2.77. The number of methoxy groups -OCH3 is 1. The predicted molar refractivity (Wildman–Crippen MR) is 104 cm³/mol. The number of amides is 2. The highest BCUT2D eigenvalue weighted by Crippen LogP contribution is 2.27. The molecule has 2 amide bonds. The monoisotopic (exact) mass is 412 g/mol. The summed E-state index contributed by atoms with van der Waals surface area (Å²) < 4.78 is 10.2. The highest BCUT2D eigenvalue weighted by atomic mass is 35.5. The van der Waals surface area contributed by atoms with Crippen LogP contribution in [0.25, 0.3) is 0 Å². The fourth-order valence-electron chi connectivity index (χ4n) is 2.71. The molecule has 0 aromatic carbocycles. The third-order valence-electron chi connectivity index (χ3n) is 4.02. The molecule has 2 heterocycles. The van der Waals surface area contributed by atoms with Crippen LogP contribution in [-0.2, 0) is 20.8 Å². The molecule has 1 aliphatic heterocycles. The lowest BCUT2D eigenvalue weighted by molar-refractivity contribution is -0.109. The van der Waals surface area contributed by atoms with E-state index in [9.17, 15) is 14.4 Å². The summed E-state index contributed by atoms with van der Waals surface area (Å²) in [5.41, 5.74) is 0.101. The van der Waals surface area contributed by atoms with Gasteiger partial charge in [0.2, 0.25) is 6.41 Å². The molecule has 154 valence electrons. The molecule has 0 spiro atoms. The summed E-state index contributed by atoms with van der Waals surface area (Å²) in [6.07, 6.45) is 0.172. The number of esters is 1. The van der Waals surface area contributed by atoms with E-state index in [1.54, 1.807) is 4.90 Å². The molecule has 0 unspecified atom stereocenters. The van der Waals surface area contributed by atoms with Crippen molar-refractivity contribution in [1.29, 1.82) is 0 Å². The van der Waals surface area contributed by atoms with Gasteiger partial charge in [-0.05, 0) is 26.8 Å². The van der Waals surface area contributed by atoms with Gasteiger partial charge in [0, 0.05) is 26.2 Å². The third kappa shape index (κ3) is 5.48. The molecule has 1 fully saturated rings. The van der Waals surface area contributed by atoms with Crippen LogP contribution in [0.5, 0.6) is 0 Å². The average Bonchev–Trinajstić information content (AvgIpc) is 2.65. The minimum absolute atomic E-state index is 0.134. The van der Waals surface area contributed by atoms with Gasteiger partial charge in [0.15, 0.2) is 0 Å². The van der Waals surface area contributed by atoms with Crippen LogP contribution in [0.15, 0.2) is 6.07 Å². The lowest BCUT2D eigenvalue weighted by atomic mass is 10.2. The standard InChI is InChI=1S/C18H25ClN4O5/c1-18(2,3)28-17(26)23-7-5-22(6-8-23)15-12(16(25)27-4)9-13(19)14(21-15)10-20-11-24/h9,11H,5-8,10H2,1-4H3,(H,20,24). The maximum Gasteiger partial charge on any atom is 0.410 e. The van der Waals surface area contributed by atoms with Crippen LogP contribution in [-0.4, -0.2) is 67.2 Å². The Morgan fingerprint density at radius 3 is 2.46 bits per heavy atom. The third-order valence-corrected chi connectivity index (χ3v) is 4.34. The van der Waals surface area contributed by atoms with E-state index >= 15 is 0 Å². The number of carbonyl (C=O) groups excluding carboxylic acids is 3. The van der Waals surface area contributed by atoms with Gasteiger partial charge >= 0.3 is 12.1 Å². The summed E-state index contributed by atoms with van der Waals surface area (Å²) in [5.74, 6) is -0.156. The Hall–Kier alpha value is -2.55. The summed E-state index contributed by atoms with van der Waals surface area (Å²) in [7, 11) is 1.28. The molecule has 0 saturated carbocycles. The van der Waals surface area contributed by atoms with Crippen LogP contribution in [0, 0.1) is 0 Å². The van der Waals surface area contributed by atoms with Crippen molar-refractivity contribution in [3.8, 4) is 0 Å². The fourth-order valence-corrected chi connectivity index (χ4v) is 2.93. The first-order valence-electron chi connectivity index (χ1n) is 8.84. The summed E-state index contributed by atoms with van der Waals surface area (Å²) in [6.45, 7) is 7.33. The van der Waals surface area contributed by atoms with E-state index in [0.29, 0.717) is 44.1 Å². The van der Waals surface area contributed by atoms with Gasteiger partial charge in [-0.1, -0.05) is 11.6 Å². The molecule has 1 aromatic rings. The van der Waals surface area contributed by atoms with Gasteiger partial charge in [-0.15, -0.1) is 0 Å². The number of nitrogens with one attached hydrogen (secondary N) is 1. The van der Waals surface area contributed by atoms with Gasteiger partial charge in [-0.25, -0.2) is 14.6 Å². The molecular formula is C18H25ClN4O5. The number of hydrogen-bond donors (Lipinski definition) is 1. The van der Waals surface area contributed by atoms with Crippen molar-refractivity contribution in [3.05, 3.63) is 22.3 Å². The molecule has 28 heavy (non-hydrogen) atoms. The zero-order chi connectivity index (χ0) is 20.9. The molecule has 2 rings (SSSR count). The first-order valence-corrected chi connectivity index (χ1v) is 9.21. The number of halogens is 1. The van der Waals surface area contributed by atoms with E-state index in [-0.39, 0.29) is 23.2 Å². The van der Waals surface area contributed by atoms with E-state index in [2.05, 4.69) is 10.3 Å². The molecule has 0 bridgehead atoms. The average molecular weight is 413 g/mol. The van der Waals surface area contributed by atoms with Gasteiger partial charge in [0.05, 0.1) is 24.4 Å². The highest BCUT2D eigenvalue weighted by Gasteiger charge is 2.29. The number of pyridine rings is 1. The van der Waals surface area contributed by atoms with Crippen molar-refractivity contribution < 1.29 is 23.9 Å². The number of carbonyl (C=O) groups is 3. The SMILES string of the molecule is COC(=O)c1cc(Cl)c(CNC=O)nc1N1CCN(C(=O)OC(C)(C)C)CC1. The Kier molecular flexibility index (Phi) is 7.06. The first kappa shape index (κ1) is 21.7. The second-order valence-corrected chi connectivity index (χ2v) is 7.64. The molecule has 9 nitrogen and oxygen atoms in total. The second-order valence-electron chi connectivity index (χ2n) is 7.23. The zero-order valence-electron chi connectivity index (χ0n) is 16.5. The molecule has 0 aliphatic carbocycles. The quantitative estimate of drug-likeness (QED) is 0.581. The van der Waals surface area contributed by atoms with Crippen LogP contribution >= 0.6 is 11.6 Å². The van der Waals surface area contributed by atoms with E-state index in [1.807, 2.05) is 25.7 Å². The normalized spacial score (nSPS) is 14.5. The number of aromatic nitrogens is 1. The Balaban J connectivity index is 2.21. The van der Waals surface area contributed by atoms with Crippen molar-refractivity contribution in [2.45, 2.75) is 32.9 Å². The molecule has 1 aromatic heterocycles. The lowest BCUT2D eigenvalue weighted by Crippen LogP contribution is -2.50. The molecule has 0 atom stereocenters. The summed E-state index contributed by atoms with van der Waals surface area (Å²) in [6, 6.07) is 1.48. The Bertz CT molecular complexity index is 742. The van der Waals surface area contributed by atoms with Crippen molar-refractivity contribution in [1.82, 2.24) is 15.2 Å². The molecule has 1 saturated heterocycles. The van der Waals surface area contributed by atoms with Crippen molar-refractivity contribution in [3.63, 3.8) is 0 Å². The number of rotatable bonds is 5. The maximum absolute atomic E-state index is 12.2. The molecule has 10 heteroatoms. The topological polar surface area (TPSA) is 101 Å². The van der Waals surface area contributed by atoms with Gasteiger partial charge in [-0.2, -0.15) is 0 Å². The number of ether oxygens (including phenoxy) is 2. The number of anilines is 1. The highest BCUT2D eigenvalue weighted by molar-refractivity contribution is 6.31.